The fraction of sp³-hybridized carbons (Fsp3) is 0.167. The Morgan fingerprint density at radius 3 is 2.67 bits per heavy atom. The molecule has 0 unspecified atom stereocenters. The maximum atomic E-state index is 8.95. The van der Waals surface area contributed by atoms with Crippen LogP contribution in [0.25, 0.3) is 10.9 Å². The molecule has 104 valence electrons. The van der Waals surface area contributed by atoms with E-state index in [1.54, 1.807) is 0 Å². The first-order chi connectivity index (χ1) is 10.2. The van der Waals surface area contributed by atoms with E-state index >= 15 is 0 Å². The lowest BCUT2D eigenvalue weighted by atomic mass is 10.1. The lowest BCUT2D eigenvalue weighted by molar-refractivity contribution is 0.823. The van der Waals surface area contributed by atoms with Gasteiger partial charge in [-0.2, -0.15) is 5.26 Å². The highest BCUT2D eigenvalue weighted by Gasteiger charge is 2.08. The number of benzene rings is 2. The molecular weight excluding hydrogens is 258 g/mol. The Bertz CT molecular complexity index is 837. The number of aryl methyl sites for hydroxylation is 1. The molecule has 0 aliphatic heterocycles. The number of rotatable bonds is 3. The zero-order valence-corrected chi connectivity index (χ0v) is 12.0. The summed E-state index contributed by atoms with van der Waals surface area (Å²) in [4.78, 5) is 0. The lowest BCUT2D eigenvalue weighted by Crippen LogP contribution is -2.01. The summed E-state index contributed by atoms with van der Waals surface area (Å²) in [6.45, 7) is 3.38. The maximum Gasteiger partial charge on any atom is 0.0991 e. The summed E-state index contributed by atoms with van der Waals surface area (Å²) in [5.74, 6) is 0. The van der Waals surface area contributed by atoms with Crippen molar-refractivity contribution >= 4 is 10.9 Å². The monoisotopic (exact) mass is 275 g/mol. The van der Waals surface area contributed by atoms with Gasteiger partial charge < -0.3 is 10.3 Å². The fourth-order valence-corrected chi connectivity index (χ4v) is 2.74. The molecule has 3 rings (SSSR count). The summed E-state index contributed by atoms with van der Waals surface area (Å²) in [5, 5.41) is 10.2. The minimum absolute atomic E-state index is 0.542. The van der Waals surface area contributed by atoms with Crippen LogP contribution in [0, 0.1) is 18.3 Å². The topological polar surface area (TPSA) is 54.7 Å². The van der Waals surface area contributed by atoms with Crippen molar-refractivity contribution in [3.63, 3.8) is 0 Å². The minimum Gasteiger partial charge on any atom is -0.343 e. The summed E-state index contributed by atoms with van der Waals surface area (Å²) in [6, 6.07) is 16.3. The van der Waals surface area contributed by atoms with Gasteiger partial charge in [0.05, 0.1) is 11.6 Å². The van der Waals surface area contributed by atoms with Gasteiger partial charge in [-0.1, -0.05) is 24.3 Å². The van der Waals surface area contributed by atoms with Gasteiger partial charge >= 0.3 is 0 Å². The van der Waals surface area contributed by atoms with Gasteiger partial charge in [0.25, 0.3) is 0 Å². The lowest BCUT2D eigenvalue weighted by Gasteiger charge is -2.09. The van der Waals surface area contributed by atoms with Gasteiger partial charge in [-0.05, 0) is 41.8 Å². The van der Waals surface area contributed by atoms with Crippen LogP contribution in [0.2, 0.25) is 0 Å². The molecule has 0 amide bonds. The van der Waals surface area contributed by atoms with Crippen molar-refractivity contribution in [2.75, 3.05) is 0 Å². The Balaban J connectivity index is 2.04. The van der Waals surface area contributed by atoms with E-state index in [0.29, 0.717) is 12.1 Å². The van der Waals surface area contributed by atoms with Crippen molar-refractivity contribution in [2.45, 2.75) is 20.0 Å². The highest BCUT2D eigenvalue weighted by molar-refractivity contribution is 5.84. The molecule has 0 fully saturated rings. The summed E-state index contributed by atoms with van der Waals surface area (Å²) in [6.07, 6.45) is 2.13. The molecule has 0 radical (unpaired) electrons. The first kappa shape index (κ1) is 13.4. The molecule has 21 heavy (non-hydrogen) atoms. The van der Waals surface area contributed by atoms with Gasteiger partial charge in [0, 0.05) is 30.2 Å². The van der Waals surface area contributed by atoms with Crippen LogP contribution < -0.4 is 5.73 Å². The molecule has 0 bridgehead atoms. The number of nitriles is 1. The third-order valence-electron chi connectivity index (χ3n) is 3.90. The van der Waals surface area contributed by atoms with Gasteiger partial charge in [-0.15, -0.1) is 0 Å². The molecule has 3 aromatic rings. The van der Waals surface area contributed by atoms with Crippen molar-refractivity contribution in [3.05, 3.63) is 70.9 Å². The van der Waals surface area contributed by atoms with Gasteiger partial charge in [0.2, 0.25) is 0 Å². The van der Waals surface area contributed by atoms with E-state index in [4.69, 9.17) is 11.0 Å². The second-order valence-electron chi connectivity index (χ2n) is 5.26. The van der Waals surface area contributed by atoms with Crippen molar-refractivity contribution in [2.24, 2.45) is 5.73 Å². The molecule has 0 aliphatic rings. The zero-order chi connectivity index (χ0) is 14.8. The second-order valence-corrected chi connectivity index (χ2v) is 5.26. The number of hydrogen-bond donors (Lipinski definition) is 1. The fourth-order valence-electron chi connectivity index (χ4n) is 2.74. The quantitative estimate of drug-likeness (QED) is 0.797. The van der Waals surface area contributed by atoms with Crippen LogP contribution in [0.15, 0.2) is 48.7 Å². The number of hydrogen-bond acceptors (Lipinski definition) is 2. The molecule has 1 aromatic heterocycles. The van der Waals surface area contributed by atoms with Gasteiger partial charge in [0.1, 0.15) is 0 Å². The summed E-state index contributed by atoms with van der Waals surface area (Å²) >= 11 is 0. The van der Waals surface area contributed by atoms with Crippen LogP contribution in [0.5, 0.6) is 0 Å². The Morgan fingerprint density at radius 2 is 1.95 bits per heavy atom. The predicted molar refractivity (Wildman–Crippen MR) is 84.8 cm³/mol. The number of para-hydroxylation sites is 1. The van der Waals surface area contributed by atoms with Crippen LogP contribution in [0.1, 0.15) is 22.3 Å². The summed E-state index contributed by atoms with van der Waals surface area (Å²) in [5.41, 5.74) is 11.3. The van der Waals surface area contributed by atoms with Crippen LogP contribution in [0.4, 0.5) is 0 Å². The number of aromatic nitrogens is 1. The van der Waals surface area contributed by atoms with Crippen LogP contribution in [-0.2, 0) is 13.1 Å². The Morgan fingerprint density at radius 1 is 1.14 bits per heavy atom. The van der Waals surface area contributed by atoms with E-state index in [2.05, 4.69) is 29.0 Å². The average molecular weight is 275 g/mol. The smallest absolute Gasteiger partial charge is 0.0991 e. The second kappa shape index (κ2) is 5.43. The Labute approximate surface area is 124 Å². The van der Waals surface area contributed by atoms with Crippen LogP contribution in [0.3, 0.4) is 0 Å². The molecular formula is C18H17N3. The van der Waals surface area contributed by atoms with Crippen molar-refractivity contribution < 1.29 is 0 Å². The molecule has 0 spiro atoms. The third kappa shape index (κ3) is 2.42. The number of nitrogens with two attached hydrogens (primary N) is 1. The first-order valence-electron chi connectivity index (χ1n) is 6.99. The van der Waals surface area contributed by atoms with E-state index in [1.807, 2.05) is 37.3 Å². The Hall–Kier alpha value is -2.57. The minimum atomic E-state index is 0.542. The molecule has 0 aliphatic carbocycles. The van der Waals surface area contributed by atoms with E-state index in [1.165, 1.54) is 16.5 Å². The standard InChI is InChI=1S/C18H17N3/c1-13-8-14(9-19)6-7-15(13)11-21-12-16(10-20)17-4-2-3-5-18(17)21/h2-8,12H,10-11,20H2,1H3. The summed E-state index contributed by atoms with van der Waals surface area (Å²) < 4.78 is 2.23. The zero-order valence-electron chi connectivity index (χ0n) is 12.0. The van der Waals surface area contributed by atoms with E-state index in [9.17, 15) is 0 Å². The molecule has 2 aromatic carbocycles. The molecule has 0 saturated carbocycles. The Kier molecular flexibility index (Phi) is 3.47. The van der Waals surface area contributed by atoms with Crippen LogP contribution in [-0.4, -0.2) is 4.57 Å². The molecule has 1 heterocycles. The average Bonchev–Trinajstić information content (AvgIpc) is 2.87. The van der Waals surface area contributed by atoms with E-state index < -0.39 is 0 Å². The summed E-state index contributed by atoms with van der Waals surface area (Å²) in [7, 11) is 0. The molecule has 3 nitrogen and oxygen atoms in total. The maximum absolute atomic E-state index is 8.95. The van der Waals surface area contributed by atoms with Gasteiger partial charge in [-0.25, -0.2) is 0 Å². The SMILES string of the molecule is Cc1cc(C#N)ccc1Cn1cc(CN)c2ccccc21. The van der Waals surface area contributed by atoms with Gasteiger partial charge in [-0.3, -0.25) is 0 Å². The van der Waals surface area contributed by atoms with E-state index in [0.717, 1.165) is 17.7 Å². The molecule has 2 N–H and O–H groups in total. The van der Waals surface area contributed by atoms with Crippen LogP contribution >= 0.6 is 0 Å². The number of fused-ring (bicyclic) bond motifs is 1. The van der Waals surface area contributed by atoms with E-state index in [-0.39, 0.29) is 0 Å². The molecule has 0 saturated heterocycles. The van der Waals surface area contributed by atoms with Crippen molar-refractivity contribution in [1.82, 2.24) is 4.57 Å². The van der Waals surface area contributed by atoms with Crippen molar-refractivity contribution in [3.8, 4) is 6.07 Å². The third-order valence-corrected chi connectivity index (χ3v) is 3.90. The molecule has 0 atom stereocenters. The first-order valence-corrected chi connectivity index (χ1v) is 6.99. The normalized spacial score (nSPS) is 10.7. The highest BCUT2D eigenvalue weighted by atomic mass is 15.0. The number of nitrogens with zero attached hydrogens (tertiary/aromatic N) is 2. The van der Waals surface area contributed by atoms with Crippen molar-refractivity contribution in [1.29, 1.82) is 5.26 Å². The highest BCUT2D eigenvalue weighted by Crippen LogP contribution is 2.23. The van der Waals surface area contributed by atoms with Gasteiger partial charge in [0.15, 0.2) is 0 Å². The predicted octanol–water partition coefficient (Wildman–Crippen LogP) is 3.33. The molecule has 3 heteroatoms. The largest absolute Gasteiger partial charge is 0.343 e.